The van der Waals surface area contributed by atoms with Crippen molar-refractivity contribution in [2.75, 3.05) is 54.5 Å². The number of ether oxygens (including phenoxy) is 1. The number of aromatic nitrogens is 2. The van der Waals surface area contributed by atoms with Gasteiger partial charge in [-0.2, -0.15) is 0 Å². The molecule has 38 heavy (non-hydrogen) atoms. The van der Waals surface area contributed by atoms with Crippen LogP contribution in [0.25, 0.3) is 11.3 Å². The average Bonchev–Trinajstić information content (AvgIpc) is 2.92. The molecule has 1 aromatic carbocycles. The molecule has 202 valence electrons. The molecule has 2 aliphatic rings. The number of nitrogens with zero attached hydrogens (tertiary/aromatic N) is 4. The van der Waals surface area contributed by atoms with E-state index in [1.54, 1.807) is 12.4 Å². The van der Waals surface area contributed by atoms with Crippen molar-refractivity contribution in [2.45, 2.75) is 25.6 Å². The van der Waals surface area contributed by atoms with Gasteiger partial charge in [-0.1, -0.05) is 6.92 Å². The van der Waals surface area contributed by atoms with Gasteiger partial charge in [0.1, 0.15) is 23.1 Å². The van der Waals surface area contributed by atoms with Gasteiger partial charge in [-0.05, 0) is 30.3 Å². The van der Waals surface area contributed by atoms with Gasteiger partial charge in [0.15, 0.2) is 0 Å². The van der Waals surface area contributed by atoms with Crippen molar-refractivity contribution in [3.63, 3.8) is 0 Å². The Balaban J connectivity index is 1.36. The highest BCUT2D eigenvalue weighted by Gasteiger charge is 2.31. The lowest BCUT2D eigenvalue weighted by Crippen LogP contribution is -2.55. The number of morpholine rings is 1. The monoisotopic (exact) mass is 528 g/mol. The molecule has 0 amide bonds. The first kappa shape index (κ1) is 26.2. The quantitative estimate of drug-likeness (QED) is 0.449. The number of hydrogen-bond acceptors (Lipinski definition) is 8. The summed E-state index contributed by atoms with van der Waals surface area (Å²) in [7, 11) is 0. The van der Waals surface area contributed by atoms with Crippen LogP contribution in [-0.2, 0) is 11.3 Å². The maximum Gasteiger partial charge on any atom is 0.149 e. The highest BCUT2D eigenvalue weighted by atomic mass is 19.1. The maximum atomic E-state index is 15.1. The molecule has 2 aromatic heterocycles. The van der Waals surface area contributed by atoms with Crippen LogP contribution >= 0.6 is 0 Å². The molecular weight excluding hydrogens is 497 g/mol. The molecule has 2 fully saturated rings. The number of aliphatic hydroxyl groups excluding tert-OH is 1. The van der Waals surface area contributed by atoms with Gasteiger partial charge < -0.3 is 30.7 Å². The molecule has 0 bridgehead atoms. The van der Waals surface area contributed by atoms with E-state index in [1.165, 1.54) is 18.2 Å². The predicted molar refractivity (Wildman–Crippen MR) is 140 cm³/mol. The van der Waals surface area contributed by atoms with Crippen LogP contribution in [0, 0.1) is 23.4 Å². The van der Waals surface area contributed by atoms with E-state index >= 15 is 8.78 Å². The fourth-order valence-corrected chi connectivity index (χ4v) is 5.04. The fraction of sp³-hybridized carbons (Fsp3) is 0.407. The summed E-state index contributed by atoms with van der Waals surface area (Å²) >= 11 is 0. The molecule has 5 rings (SSSR count). The number of anilines is 3. The van der Waals surface area contributed by atoms with Crippen LogP contribution in [0.5, 0.6) is 0 Å². The average molecular weight is 529 g/mol. The lowest BCUT2D eigenvalue weighted by molar-refractivity contribution is 0.0785. The lowest BCUT2D eigenvalue weighted by Gasteiger charge is -2.40. The summed E-state index contributed by atoms with van der Waals surface area (Å²) < 4.78 is 50.3. The molecule has 0 aliphatic carbocycles. The third-order valence-corrected chi connectivity index (χ3v) is 7.10. The summed E-state index contributed by atoms with van der Waals surface area (Å²) in [5.41, 5.74) is 7.57. The van der Waals surface area contributed by atoms with E-state index in [2.05, 4.69) is 20.2 Å². The molecule has 0 saturated carbocycles. The van der Waals surface area contributed by atoms with E-state index in [0.29, 0.717) is 56.5 Å². The van der Waals surface area contributed by atoms with Crippen molar-refractivity contribution in [1.29, 1.82) is 0 Å². The summed E-state index contributed by atoms with van der Waals surface area (Å²) in [4.78, 5) is 12.4. The Morgan fingerprint density at radius 1 is 1.05 bits per heavy atom. The van der Waals surface area contributed by atoms with Gasteiger partial charge in [-0.3, -0.25) is 4.98 Å². The Labute approximate surface area is 219 Å². The minimum Gasteiger partial charge on any atom is -0.391 e. The van der Waals surface area contributed by atoms with Gasteiger partial charge in [-0.25, -0.2) is 18.2 Å². The molecule has 3 aromatic rings. The summed E-state index contributed by atoms with van der Waals surface area (Å²) in [6, 6.07) is 6.50. The number of hydrogen-bond donors (Lipinski definition) is 3. The van der Waals surface area contributed by atoms with Gasteiger partial charge in [0.2, 0.25) is 0 Å². The van der Waals surface area contributed by atoms with Gasteiger partial charge >= 0.3 is 0 Å². The van der Waals surface area contributed by atoms with Crippen LogP contribution in [-0.4, -0.2) is 66.6 Å². The minimum absolute atomic E-state index is 0.0134. The van der Waals surface area contributed by atoms with Crippen molar-refractivity contribution in [3.8, 4) is 11.3 Å². The number of halogens is 3. The number of pyridine rings is 2. The Hall–Kier alpha value is -3.41. The second kappa shape index (κ2) is 11.1. The van der Waals surface area contributed by atoms with Crippen LogP contribution in [0.4, 0.5) is 30.2 Å². The van der Waals surface area contributed by atoms with Crippen molar-refractivity contribution < 1.29 is 23.0 Å². The molecule has 2 saturated heterocycles. The zero-order valence-electron chi connectivity index (χ0n) is 21.1. The molecular formula is C27H31F3N6O2. The van der Waals surface area contributed by atoms with E-state index in [-0.39, 0.29) is 24.2 Å². The van der Waals surface area contributed by atoms with Crippen LogP contribution < -0.4 is 20.9 Å². The molecule has 4 heterocycles. The molecule has 11 heteroatoms. The minimum atomic E-state index is -0.879. The molecule has 2 aliphatic heterocycles. The van der Waals surface area contributed by atoms with Crippen molar-refractivity contribution in [3.05, 3.63) is 65.9 Å². The van der Waals surface area contributed by atoms with Crippen LogP contribution in [0.2, 0.25) is 0 Å². The number of benzene rings is 1. The Morgan fingerprint density at radius 3 is 2.50 bits per heavy atom. The topological polar surface area (TPSA) is 99.8 Å². The SMILES string of the molecule is CC1CN(c2ccncc2NCc2ccc(F)c(-c3c(F)cc(N4CCOCC4)cc3F)n2)CC(N)C1O. The van der Waals surface area contributed by atoms with E-state index in [9.17, 15) is 9.50 Å². The first-order chi connectivity index (χ1) is 18.3. The van der Waals surface area contributed by atoms with Crippen molar-refractivity contribution in [1.82, 2.24) is 9.97 Å². The molecule has 3 atom stereocenters. The second-order valence-corrected chi connectivity index (χ2v) is 9.80. The predicted octanol–water partition coefficient (Wildman–Crippen LogP) is 3.15. The molecule has 0 spiro atoms. The Bertz CT molecular complexity index is 1250. The van der Waals surface area contributed by atoms with Crippen LogP contribution in [0.3, 0.4) is 0 Å². The van der Waals surface area contributed by atoms with Gasteiger partial charge in [0.25, 0.3) is 0 Å². The number of aliphatic hydroxyl groups is 1. The third-order valence-electron chi connectivity index (χ3n) is 7.10. The van der Waals surface area contributed by atoms with Gasteiger partial charge in [0.05, 0.1) is 54.7 Å². The normalized spacial score (nSPS) is 22.0. The summed E-state index contributed by atoms with van der Waals surface area (Å²) in [5, 5.41) is 13.5. The van der Waals surface area contributed by atoms with Gasteiger partial charge in [0, 0.05) is 50.0 Å². The number of rotatable bonds is 6. The standard InChI is InChI=1S/C27H31F3N6O2/c1-16-14-36(15-22(31)27(16)37)24-4-5-32-13-23(24)33-12-17-2-3-19(28)26(34-17)25-20(29)10-18(11-21(25)30)35-6-8-38-9-7-35/h2-5,10-11,13,16,22,27,33,37H,6-9,12,14-15,31H2,1H3. The van der Waals surface area contributed by atoms with E-state index in [4.69, 9.17) is 10.5 Å². The summed E-state index contributed by atoms with van der Waals surface area (Å²) in [5.74, 6) is -2.59. The fourth-order valence-electron chi connectivity index (χ4n) is 5.04. The molecule has 3 unspecified atom stereocenters. The number of piperidine rings is 1. The van der Waals surface area contributed by atoms with Crippen molar-refractivity contribution >= 4 is 17.1 Å². The zero-order chi connectivity index (χ0) is 26.8. The largest absolute Gasteiger partial charge is 0.391 e. The van der Waals surface area contributed by atoms with E-state index in [1.807, 2.05) is 17.9 Å². The van der Waals surface area contributed by atoms with Crippen LogP contribution in [0.15, 0.2) is 42.7 Å². The Kier molecular flexibility index (Phi) is 7.68. The summed E-state index contributed by atoms with van der Waals surface area (Å²) in [6.07, 6.45) is 2.75. The number of nitrogens with one attached hydrogen (secondary N) is 1. The first-order valence-corrected chi connectivity index (χ1v) is 12.7. The lowest BCUT2D eigenvalue weighted by atomic mass is 9.92. The maximum absolute atomic E-state index is 15.1. The van der Waals surface area contributed by atoms with Crippen LogP contribution in [0.1, 0.15) is 12.6 Å². The molecule has 4 N–H and O–H groups in total. The van der Waals surface area contributed by atoms with Crippen molar-refractivity contribution in [2.24, 2.45) is 11.7 Å². The Morgan fingerprint density at radius 2 is 1.79 bits per heavy atom. The molecule has 0 radical (unpaired) electrons. The first-order valence-electron chi connectivity index (χ1n) is 12.7. The van der Waals surface area contributed by atoms with E-state index in [0.717, 1.165) is 11.8 Å². The third kappa shape index (κ3) is 5.40. The zero-order valence-corrected chi connectivity index (χ0v) is 21.1. The second-order valence-electron chi connectivity index (χ2n) is 9.80. The van der Waals surface area contributed by atoms with Gasteiger partial charge in [-0.15, -0.1) is 0 Å². The highest BCUT2D eigenvalue weighted by molar-refractivity contribution is 5.69. The summed E-state index contributed by atoms with van der Waals surface area (Å²) in [6.45, 7) is 5.19. The number of nitrogens with two attached hydrogens (primary N) is 1. The molecule has 8 nitrogen and oxygen atoms in total. The smallest absolute Gasteiger partial charge is 0.149 e. The van der Waals surface area contributed by atoms with E-state index < -0.39 is 29.1 Å². The highest BCUT2D eigenvalue weighted by Crippen LogP contribution is 2.32.